The summed E-state index contributed by atoms with van der Waals surface area (Å²) < 4.78 is 0.762. The van der Waals surface area contributed by atoms with E-state index in [1.807, 2.05) is 12.1 Å². The number of hydrogen-bond donors (Lipinski definition) is 1. The fourth-order valence-corrected chi connectivity index (χ4v) is 2.89. The monoisotopic (exact) mass is 202 g/mol. The van der Waals surface area contributed by atoms with E-state index in [0.717, 1.165) is 22.1 Å². The first-order chi connectivity index (χ1) is 5.63. The lowest BCUT2D eigenvalue weighted by Gasteiger charge is -2.42. The minimum absolute atomic E-state index is 0.382. The molecule has 66 valence electrons. The van der Waals surface area contributed by atoms with Gasteiger partial charge in [0.15, 0.2) is 0 Å². The molecule has 1 aromatic heterocycles. The highest BCUT2D eigenvalue weighted by Gasteiger charge is 2.44. The van der Waals surface area contributed by atoms with Crippen molar-refractivity contribution in [3.8, 4) is 0 Å². The van der Waals surface area contributed by atoms with Gasteiger partial charge in [-0.1, -0.05) is 18.5 Å². The summed E-state index contributed by atoms with van der Waals surface area (Å²) in [6.45, 7) is 2.08. The van der Waals surface area contributed by atoms with Crippen molar-refractivity contribution in [3.63, 3.8) is 0 Å². The molecule has 1 nitrogen and oxygen atoms in total. The van der Waals surface area contributed by atoms with Crippen LogP contribution in [0.5, 0.6) is 0 Å². The van der Waals surface area contributed by atoms with E-state index in [0.29, 0.717) is 5.92 Å². The first-order valence-corrected chi connectivity index (χ1v) is 5.30. The van der Waals surface area contributed by atoms with E-state index in [2.05, 4.69) is 6.92 Å². The quantitative estimate of drug-likeness (QED) is 0.743. The summed E-state index contributed by atoms with van der Waals surface area (Å²) >= 11 is 7.29. The van der Waals surface area contributed by atoms with Gasteiger partial charge >= 0.3 is 0 Å². The van der Waals surface area contributed by atoms with Gasteiger partial charge in [-0.2, -0.15) is 0 Å². The summed E-state index contributed by atoms with van der Waals surface area (Å²) in [6.07, 6.45) is 2.00. The Kier molecular flexibility index (Phi) is 1.94. The van der Waals surface area contributed by atoms with E-state index in [4.69, 9.17) is 11.6 Å². The highest BCUT2D eigenvalue weighted by molar-refractivity contribution is 7.16. The van der Waals surface area contributed by atoms with E-state index in [1.54, 1.807) is 0 Å². The van der Waals surface area contributed by atoms with Gasteiger partial charge < -0.3 is 5.11 Å². The largest absolute Gasteiger partial charge is 0.384 e. The Morgan fingerprint density at radius 1 is 1.67 bits per heavy atom. The Bertz CT molecular complexity index is 296. The van der Waals surface area contributed by atoms with Crippen LogP contribution in [-0.4, -0.2) is 5.11 Å². The molecular formula is C9H11ClOS. The van der Waals surface area contributed by atoms with Gasteiger partial charge in [-0.3, -0.25) is 0 Å². The first-order valence-electron chi connectivity index (χ1n) is 4.11. The molecule has 1 aromatic rings. The molecule has 2 rings (SSSR count). The van der Waals surface area contributed by atoms with Crippen LogP contribution in [0.15, 0.2) is 12.1 Å². The minimum atomic E-state index is -0.572. The number of aliphatic hydroxyl groups is 1. The van der Waals surface area contributed by atoms with E-state index in [1.165, 1.54) is 11.3 Å². The van der Waals surface area contributed by atoms with Crippen LogP contribution in [-0.2, 0) is 5.60 Å². The van der Waals surface area contributed by atoms with Crippen molar-refractivity contribution in [3.05, 3.63) is 21.3 Å². The molecule has 1 N–H and O–H groups in total. The molecule has 2 atom stereocenters. The van der Waals surface area contributed by atoms with Gasteiger partial charge in [0.05, 0.1) is 4.34 Å². The molecule has 0 saturated heterocycles. The number of halogens is 1. The zero-order chi connectivity index (χ0) is 8.77. The Balaban J connectivity index is 2.30. The second-order valence-corrected chi connectivity index (χ2v) is 5.18. The summed E-state index contributed by atoms with van der Waals surface area (Å²) in [7, 11) is 0. The lowest BCUT2D eigenvalue weighted by atomic mass is 9.70. The van der Waals surface area contributed by atoms with Gasteiger partial charge in [-0.25, -0.2) is 0 Å². The summed E-state index contributed by atoms with van der Waals surface area (Å²) in [6, 6.07) is 3.78. The molecular weight excluding hydrogens is 192 g/mol. The van der Waals surface area contributed by atoms with Crippen LogP contribution in [0.3, 0.4) is 0 Å². The number of hydrogen-bond acceptors (Lipinski definition) is 2. The fraction of sp³-hybridized carbons (Fsp3) is 0.556. The van der Waals surface area contributed by atoms with Crippen molar-refractivity contribution < 1.29 is 5.11 Å². The van der Waals surface area contributed by atoms with Crippen molar-refractivity contribution in [1.29, 1.82) is 0 Å². The molecule has 1 heterocycles. The van der Waals surface area contributed by atoms with E-state index < -0.39 is 5.60 Å². The van der Waals surface area contributed by atoms with Gasteiger partial charge in [-0.05, 0) is 30.9 Å². The van der Waals surface area contributed by atoms with Crippen LogP contribution in [0.2, 0.25) is 4.34 Å². The lowest BCUT2D eigenvalue weighted by molar-refractivity contribution is -0.0900. The topological polar surface area (TPSA) is 20.2 Å². The fourth-order valence-electron chi connectivity index (χ4n) is 1.62. The molecule has 0 amide bonds. The maximum absolute atomic E-state index is 10.1. The molecule has 1 aliphatic carbocycles. The average molecular weight is 203 g/mol. The Labute approximate surface area is 81.0 Å². The highest BCUT2D eigenvalue weighted by Crippen LogP contribution is 2.48. The van der Waals surface area contributed by atoms with Gasteiger partial charge in [0.2, 0.25) is 0 Å². The molecule has 0 aromatic carbocycles. The Hall–Kier alpha value is -0.0500. The summed E-state index contributed by atoms with van der Waals surface area (Å²) in [5.74, 6) is 0.382. The van der Waals surface area contributed by atoms with Crippen molar-refractivity contribution >= 4 is 22.9 Å². The molecule has 3 heteroatoms. The SMILES string of the molecule is CC1CCC1(O)c1ccc(Cl)s1. The Morgan fingerprint density at radius 2 is 2.42 bits per heavy atom. The van der Waals surface area contributed by atoms with Crippen LogP contribution in [0.1, 0.15) is 24.6 Å². The van der Waals surface area contributed by atoms with E-state index >= 15 is 0 Å². The molecule has 0 aliphatic heterocycles. The predicted octanol–water partition coefficient (Wildman–Crippen LogP) is 3.02. The predicted molar refractivity (Wildman–Crippen MR) is 51.6 cm³/mol. The van der Waals surface area contributed by atoms with Gasteiger partial charge in [0.25, 0.3) is 0 Å². The second kappa shape index (κ2) is 2.72. The van der Waals surface area contributed by atoms with Crippen molar-refractivity contribution in [1.82, 2.24) is 0 Å². The van der Waals surface area contributed by atoms with Crippen LogP contribution < -0.4 is 0 Å². The van der Waals surface area contributed by atoms with Crippen LogP contribution >= 0.6 is 22.9 Å². The number of rotatable bonds is 1. The summed E-state index contributed by atoms with van der Waals surface area (Å²) in [5, 5.41) is 10.1. The standard InChI is InChI=1S/C9H11ClOS/c1-6-4-5-9(6,11)7-2-3-8(10)12-7/h2-3,6,11H,4-5H2,1H3. The molecule has 1 aliphatic rings. The lowest BCUT2D eigenvalue weighted by Crippen LogP contribution is -2.41. The molecule has 0 bridgehead atoms. The zero-order valence-electron chi connectivity index (χ0n) is 6.88. The maximum atomic E-state index is 10.1. The van der Waals surface area contributed by atoms with Crippen molar-refractivity contribution in [2.45, 2.75) is 25.4 Å². The molecule has 2 unspecified atom stereocenters. The zero-order valence-corrected chi connectivity index (χ0v) is 8.45. The Morgan fingerprint density at radius 3 is 2.75 bits per heavy atom. The smallest absolute Gasteiger partial charge is 0.101 e. The first kappa shape index (κ1) is 8.54. The van der Waals surface area contributed by atoms with Crippen molar-refractivity contribution in [2.75, 3.05) is 0 Å². The third-order valence-electron chi connectivity index (χ3n) is 2.77. The maximum Gasteiger partial charge on any atom is 0.101 e. The van der Waals surface area contributed by atoms with Gasteiger partial charge in [0, 0.05) is 4.88 Å². The summed E-state index contributed by atoms with van der Waals surface area (Å²) in [5.41, 5.74) is -0.572. The molecule has 12 heavy (non-hydrogen) atoms. The molecule has 1 saturated carbocycles. The number of thiophene rings is 1. The van der Waals surface area contributed by atoms with Gasteiger partial charge in [-0.15, -0.1) is 11.3 Å². The van der Waals surface area contributed by atoms with E-state index in [9.17, 15) is 5.11 Å². The summed E-state index contributed by atoms with van der Waals surface area (Å²) in [4.78, 5) is 1.02. The average Bonchev–Trinajstić information content (AvgIpc) is 2.47. The van der Waals surface area contributed by atoms with E-state index in [-0.39, 0.29) is 0 Å². The highest BCUT2D eigenvalue weighted by atomic mass is 35.5. The second-order valence-electron chi connectivity index (χ2n) is 3.47. The van der Waals surface area contributed by atoms with Gasteiger partial charge in [0.1, 0.15) is 5.60 Å². The normalized spacial score (nSPS) is 34.8. The van der Waals surface area contributed by atoms with Crippen LogP contribution in [0.25, 0.3) is 0 Å². The molecule has 1 fully saturated rings. The van der Waals surface area contributed by atoms with Crippen molar-refractivity contribution in [2.24, 2.45) is 5.92 Å². The third-order valence-corrected chi connectivity index (χ3v) is 4.17. The third kappa shape index (κ3) is 1.10. The minimum Gasteiger partial charge on any atom is -0.384 e. The van der Waals surface area contributed by atoms with Crippen LogP contribution in [0, 0.1) is 5.92 Å². The molecule has 0 radical (unpaired) electrons. The van der Waals surface area contributed by atoms with Crippen LogP contribution in [0.4, 0.5) is 0 Å². The molecule has 0 spiro atoms.